The van der Waals surface area contributed by atoms with Crippen LogP contribution >= 0.6 is 0 Å². The molecule has 0 aliphatic heterocycles. The average Bonchev–Trinajstić information content (AvgIpc) is 2.93. The van der Waals surface area contributed by atoms with Crippen LogP contribution in [0, 0.1) is 13.8 Å². The second-order valence-corrected chi connectivity index (χ2v) is 6.62. The zero-order chi connectivity index (χ0) is 19.6. The number of carbonyl (C=O) groups excluding carboxylic acids is 1. The van der Waals surface area contributed by atoms with E-state index in [1.807, 2.05) is 51.2 Å². The highest BCUT2D eigenvalue weighted by Gasteiger charge is 2.20. The Balaban J connectivity index is 1.83. The van der Waals surface area contributed by atoms with Gasteiger partial charge in [-0.1, -0.05) is 24.8 Å². The maximum Gasteiger partial charge on any atom is 0.254 e. The van der Waals surface area contributed by atoms with Gasteiger partial charge in [-0.05, 0) is 37.6 Å². The van der Waals surface area contributed by atoms with Crippen molar-refractivity contribution in [2.75, 3.05) is 13.7 Å². The van der Waals surface area contributed by atoms with E-state index in [0.717, 1.165) is 33.7 Å². The number of benzene rings is 1. The fourth-order valence-electron chi connectivity index (χ4n) is 3.14. The maximum atomic E-state index is 13.1. The second kappa shape index (κ2) is 7.61. The molecule has 0 N–H and O–H groups in total. The predicted molar refractivity (Wildman–Crippen MR) is 106 cm³/mol. The van der Waals surface area contributed by atoms with Gasteiger partial charge in [0.05, 0.1) is 16.6 Å². The lowest BCUT2D eigenvalue weighted by atomic mass is 10.1. The zero-order valence-corrected chi connectivity index (χ0v) is 16.2. The molecule has 3 aromatic rings. The molecule has 0 aliphatic carbocycles. The topological polar surface area (TPSA) is 60.2 Å². The van der Waals surface area contributed by atoms with E-state index in [-0.39, 0.29) is 5.91 Å². The van der Waals surface area contributed by atoms with Crippen LogP contribution in [0.1, 0.15) is 27.3 Å². The minimum atomic E-state index is -0.0476. The van der Waals surface area contributed by atoms with Crippen molar-refractivity contribution < 1.29 is 9.53 Å². The summed E-state index contributed by atoms with van der Waals surface area (Å²) in [7, 11) is 3.65. The number of amides is 1. The number of fused-ring (bicyclic) bond motifs is 1. The molecule has 0 atom stereocenters. The molecule has 27 heavy (non-hydrogen) atoms. The third kappa shape index (κ3) is 3.84. The molecule has 0 unspecified atom stereocenters. The van der Waals surface area contributed by atoms with Crippen LogP contribution in [-0.2, 0) is 13.6 Å². The monoisotopic (exact) mass is 364 g/mol. The number of pyridine rings is 1. The van der Waals surface area contributed by atoms with Crippen molar-refractivity contribution >= 4 is 16.9 Å². The lowest BCUT2D eigenvalue weighted by Gasteiger charge is -2.18. The maximum absolute atomic E-state index is 13.1. The molecule has 1 aromatic carbocycles. The molecule has 6 nitrogen and oxygen atoms in total. The van der Waals surface area contributed by atoms with Gasteiger partial charge in [-0.15, -0.1) is 0 Å². The summed E-state index contributed by atoms with van der Waals surface area (Å²) in [6.07, 6.45) is 1.71. The lowest BCUT2D eigenvalue weighted by molar-refractivity contribution is 0.0787. The van der Waals surface area contributed by atoms with E-state index in [1.54, 1.807) is 22.7 Å². The van der Waals surface area contributed by atoms with Crippen LogP contribution < -0.4 is 4.74 Å². The first kappa shape index (κ1) is 18.6. The fraction of sp³-hybridized carbons (Fsp3) is 0.286. The number of aromatic nitrogens is 3. The van der Waals surface area contributed by atoms with Crippen molar-refractivity contribution in [3.63, 3.8) is 0 Å². The Morgan fingerprint density at radius 1 is 1.30 bits per heavy atom. The van der Waals surface area contributed by atoms with Gasteiger partial charge in [0, 0.05) is 26.3 Å². The standard InChI is InChI=1S/C21H24N4O2/c1-6-11-27-17-9-7-16(8-10-17)13-24(4)21(26)18-12-14(2)22-20-19(18)15(3)23-25(20)5/h6-10,12H,1,11,13H2,2-5H3. The number of rotatable bonds is 6. The van der Waals surface area contributed by atoms with Gasteiger partial charge in [-0.3, -0.25) is 9.48 Å². The van der Waals surface area contributed by atoms with E-state index < -0.39 is 0 Å². The number of nitrogens with zero attached hydrogens (tertiary/aromatic N) is 4. The summed E-state index contributed by atoms with van der Waals surface area (Å²) >= 11 is 0. The van der Waals surface area contributed by atoms with Gasteiger partial charge in [0.15, 0.2) is 5.65 Å². The average molecular weight is 364 g/mol. The SMILES string of the molecule is C=CCOc1ccc(CN(C)C(=O)c2cc(C)nc3c2c(C)nn3C)cc1. The van der Waals surface area contributed by atoms with E-state index in [9.17, 15) is 4.79 Å². The van der Waals surface area contributed by atoms with E-state index in [0.29, 0.717) is 18.7 Å². The van der Waals surface area contributed by atoms with Crippen molar-refractivity contribution in [3.05, 3.63) is 65.5 Å². The molecule has 0 aliphatic rings. The van der Waals surface area contributed by atoms with Gasteiger partial charge in [-0.25, -0.2) is 4.98 Å². The molecule has 0 bridgehead atoms. The van der Waals surface area contributed by atoms with Crippen LogP contribution in [-0.4, -0.2) is 39.2 Å². The van der Waals surface area contributed by atoms with Crippen molar-refractivity contribution in [1.82, 2.24) is 19.7 Å². The Morgan fingerprint density at radius 3 is 2.67 bits per heavy atom. The van der Waals surface area contributed by atoms with Gasteiger partial charge in [0.1, 0.15) is 12.4 Å². The van der Waals surface area contributed by atoms with Crippen LogP contribution in [0.3, 0.4) is 0 Å². The molecule has 6 heteroatoms. The number of ether oxygens (including phenoxy) is 1. The lowest BCUT2D eigenvalue weighted by Crippen LogP contribution is -2.26. The predicted octanol–water partition coefficient (Wildman–Crippen LogP) is 3.42. The molecule has 0 fully saturated rings. The fourth-order valence-corrected chi connectivity index (χ4v) is 3.14. The summed E-state index contributed by atoms with van der Waals surface area (Å²) in [5, 5.41) is 5.23. The van der Waals surface area contributed by atoms with Gasteiger partial charge in [0.2, 0.25) is 0 Å². The molecule has 2 aromatic heterocycles. The molecule has 3 rings (SSSR count). The summed E-state index contributed by atoms with van der Waals surface area (Å²) in [5.74, 6) is 0.735. The van der Waals surface area contributed by atoms with Gasteiger partial charge >= 0.3 is 0 Å². The van der Waals surface area contributed by atoms with Crippen molar-refractivity contribution in [2.45, 2.75) is 20.4 Å². The number of hydrogen-bond acceptors (Lipinski definition) is 4. The summed E-state index contributed by atoms with van der Waals surface area (Å²) in [6.45, 7) is 8.40. The third-order valence-corrected chi connectivity index (χ3v) is 4.38. The van der Waals surface area contributed by atoms with E-state index in [4.69, 9.17) is 4.74 Å². The summed E-state index contributed by atoms with van der Waals surface area (Å²) in [5.41, 5.74) is 4.00. The first-order chi connectivity index (χ1) is 12.9. The normalized spacial score (nSPS) is 10.8. The largest absolute Gasteiger partial charge is 0.490 e. The number of hydrogen-bond donors (Lipinski definition) is 0. The third-order valence-electron chi connectivity index (χ3n) is 4.38. The first-order valence-corrected chi connectivity index (χ1v) is 8.79. The van der Waals surface area contributed by atoms with Crippen molar-refractivity contribution in [2.24, 2.45) is 7.05 Å². The minimum Gasteiger partial charge on any atom is -0.490 e. The van der Waals surface area contributed by atoms with E-state index in [1.165, 1.54) is 0 Å². The molecular weight excluding hydrogens is 340 g/mol. The van der Waals surface area contributed by atoms with Gasteiger partial charge in [0.25, 0.3) is 5.91 Å². The van der Waals surface area contributed by atoms with Crippen molar-refractivity contribution in [1.29, 1.82) is 0 Å². The highest BCUT2D eigenvalue weighted by molar-refractivity contribution is 6.06. The highest BCUT2D eigenvalue weighted by atomic mass is 16.5. The first-order valence-electron chi connectivity index (χ1n) is 8.79. The van der Waals surface area contributed by atoms with Gasteiger partial charge < -0.3 is 9.64 Å². The van der Waals surface area contributed by atoms with Crippen molar-refractivity contribution in [3.8, 4) is 5.75 Å². The smallest absolute Gasteiger partial charge is 0.254 e. The van der Waals surface area contributed by atoms with Gasteiger partial charge in [-0.2, -0.15) is 5.10 Å². The summed E-state index contributed by atoms with van der Waals surface area (Å²) in [6, 6.07) is 9.56. The number of carbonyl (C=O) groups is 1. The Morgan fingerprint density at radius 2 is 2.00 bits per heavy atom. The molecule has 140 valence electrons. The Hall–Kier alpha value is -3.15. The second-order valence-electron chi connectivity index (χ2n) is 6.62. The molecule has 2 heterocycles. The highest BCUT2D eigenvalue weighted by Crippen LogP contribution is 2.23. The quantitative estimate of drug-likeness (QED) is 0.629. The summed E-state index contributed by atoms with van der Waals surface area (Å²) in [4.78, 5) is 19.3. The molecule has 0 radical (unpaired) electrons. The van der Waals surface area contributed by atoms with Crippen LogP contribution in [0.4, 0.5) is 0 Å². The molecule has 1 amide bonds. The van der Waals surface area contributed by atoms with E-state index in [2.05, 4.69) is 16.7 Å². The van der Waals surface area contributed by atoms with Crippen LogP contribution in [0.5, 0.6) is 5.75 Å². The van der Waals surface area contributed by atoms with Crippen LogP contribution in [0.15, 0.2) is 43.0 Å². The number of aryl methyl sites for hydroxylation is 3. The Bertz CT molecular complexity index is 990. The Kier molecular flexibility index (Phi) is 5.26. The summed E-state index contributed by atoms with van der Waals surface area (Å²) < 4.78 is 7.21. The van der Waals surface area contributed by atoms with Crippen LogP contribution in [0.2, 0.25) is 0 Å². The van der Waals surface area contributed by atoms with Crippen LogP contribution in [0.25, 0.3) is 11.0 Å². The molecular formula is C21H24N4O2. The zero-order valence-electron chi connectivity index (χ0n) is 16.2. The molecule has 0 spiro atoms. The minimum absolute atomic E-state index is 0.0476. The Labute approximate surface area is 159 Å². The van der Waals surface area contributed by atoms with E-state index >= 15 is 0 Å². The molecule has 0 saturated carbocycles. The molecule has 0 saturated heterocycles.